The number of carbonyl (C=O) groups excluding carboxylic acids is 1. The summed E-state index contributed by atoms with van der Waals surface area (Å²) < 4.78 is 10.5. The first-order valence-corrected chi connectivity index (χ1v) is 8.69. The minimum atomic E-state index is -0.437. The fourth-order valence-electron chi connectivity index (χ4n) is 2.66. The quantitative estimate of drug-likeness (QED) is 0.662. The zero-order valence-corrected chi connectivity index (χ0v) is 16.2. The number of amides is 1. The maximum Gasteiger partial charge on any atom is 0.274 e. The SMILES string of the molecule is COc1ccc(Nc2nc(C)cc(C(=O)Nc3ccccc3C#N)n2)cc1OC. The van der Waals surface area contributed by atoms with Crippen LogP contribution in [0, 0.1) is 18.3 Å². The van der Waals surface area contributed by atoms with Crippen LogP contribution in [0.15, 0.2) is 48.5 Å². The molecule has 2 N–H and O–H groups in total. The molecule has 0 saturated carbocycles. The Kier molecular flexibility index (Phi) is 5.90. The average Bonchev–Trinajstić information content (AvgIpc) is 2.73. The maximum absolute atomic E-state index is 12.6. The number of nitriles is 1. The third-order valence-corrected chi connectivity index (χ3v) is 4.02. The van der Waals surface area contributed by atoms with Gasteiger partial charge in [-0.3, -0.25) is 4.79 Å². The van der Waals surface area contributed by atoms with Gasteiger partial charge in [0, 0.05) is 17.4 Å². The molecule has 1 heterocycles. The summed E-state index contributed by atoms with van der Waals surface area (Å²) in [6.07, 6.45) is 0. The van der Waals surface area contributed by atoms with Crippen LogP contribution in [0.2, 0.25) is 0 Å². The van der Waals surface area contributed by atoms with Gasteiger partial charge < -0.3 is 20.1 Å². The second-order valence-corrected chi connectivity index (χ2v) is 6.02. The van der Waals surface area contributed by atoms with Gasteiger partial charge in [-0.1, -0.05) is 12.1 Å². The van der Waals surface area contributed by atoms with Crippen LogP contribution in [0.25, 0.3) is 0 Å². The molecular weight excluding hydrogens is 370 g/mol. The number of anilines is 3. The van der Waals surface area contributed by atoms with Gasteiger partial charge in [0.1, 0.15) is 11.8 Å². The van der Waals surface area contributed by atoms with Crippen molar-refractivity contribution in [2.75, 3.05) is 24.9 Å². The fraction of sp³-hybridized carbons (Fsp3) is 0.143. The summed E-state index contributed by atoms with van der Waals surface area (Å²) >= 11 is 0. The second-order valence-electron chi connectivity index (χ2n) is 6.02. The lowest BCUT2D eigenvalue weighted by Gasteiger charge is -2.12. The molecule has 1 aromatic heterocycles. The minimum Gasteiger partial charge on any atom is -0.493 e. The van der Waals surface area contributed by atoms with Crippen molar-refractivity contribution < 1.29 is 14.3 Å². The van der Waals surface area contributed by atoms with E-state index >= 15 is 0 Å². The van der Waals surface area contributed by atoms with E-state index in [9.17, 15) is 10.1 Å². The molecule has 0 atom stereocenters. The number of aromatic nitrogens is 2. The van der Waals surface area contributed by atoms with Gasteiger partial charge in [-0.05, 0) is 37.3 Å². The summed E-state index contributed by atoms with van der Waals surface area (Å²) in [6.45, 7) is 1.77. The molecule has 1 amide bonds. The molecule has 146 valence electrons. The number of para-hydroxylation sites is 1. The van der Waals surface area contributed by atoms with Gasteiger partial charge in [0.05, 0.1) is 25.5 Å². The largest absolute Gasteiger partial charge is 0.493 e. The number of aryl methyl sites for hydroxylation is 1. The van der Waals surface area contributed by atoms with Crippen molar-refractivity contribution in [3.05, 3.63) is 65.5 Å². The van der Waals surface area contributed by atoms with Crippen LogP contribution in [0.3, 0.4) is 0 Å². The first-order valence-electron chi connectivity index (χ1n) is 8.69. The standard InChI is InChI=1S/C21H19N5O3/c1-13-10-17(20(27)25-16-7-5-4-6-14(16)12-22)26-21(23-13)24-15-8-9-18(28-2)19(11-15)29-3/h4-11H,1-3H3,(H,25,27)(H,23,24,26). The summed E-state index contributed by atoms with van der Waals surface area (Å²) in [5.41, 5.74) is 2.25. The van der Waals surface area contributed by atoms with Crippen LogP contribution in [-0.2, 0) is 0 Å². The number of hydrogen-bond donors (Lipinski definition) is 2. The molecule has 3 rings (SSSR count). The Morgan fingerprint density at radius 2 is 1.79 bits per heavy atom. The predicted octanol–water partition coefficient (Wildman–Crippen LogP) is 3.67. The second kappa shape index (κ2) is 8.71. The summed E-state index contributed by atoms with van der Waals surface area (Å²) in [5.74, 6) is 0.972. The molecule has 8 heteroatoms. The summed E-state index contributed by atoms with van der Waals surface area (Å²) in [6, 6.07) is 15.7. The molecule has 2 aromatic carbocycles. The van der Waals surface area contributed by atoms with Gasteiger partial charge in [-0.15, -0.1) is 0 Å². The van der Waals surface area contributed by atoms with Gasteiger partial charge in [0.25, 0.3) is 5.91 Å². The van der Waals surface area contributed by atoms with Crippen LogP contribution in [0.5, 0.6) is 11.5 Å². The Labute approximate surface area is 168 Å². The van der Waals surface area contributed by atoms with Crippen LogP contribution in [-0.4, -0.2) is 30.1 Å². The van der Waals surface area contributed by atoms with Crippen molar-refractivity contribution in [1.82, 2.24) is 9.97 Å². The highest BCUT2D eigenvalue weighted by molar-refractivity contribution is 6.03. The zero-order valence-electron chi connectivity index (χ0n) is 16.2. The van der Waals surface area contributed by atoms with Gasteiger partial charge in [0.2, 0.25) is 5.95 Å². The molecular formula is C21H19N5O3. The van der Waals surface area contributed by atoms with E-state index in [1.165, 1.54) is 0 Å². The number of nitrogens with one attached hydrogen (secondary N) is 2. The Balaban J connectivity index is 1.85. The Bertz CT molecular complexity index is 1090. The van der Waals surface area contributed by atoms with Crippen LogP contribution < -0.4 is 20.1 Å². The zero-order chi connectivity index (χ0) is 20.8. The molecule has 0 spiro atoms. The lowest BCUT2D eigenvalue weighted by Crippen LogP contribution is -2.16. The number of nitrogens with zero attached hydrogens (tertiary/aromatic N) is 3. The van der Waals surface area contributed by atoms with Crippen molar-refractivity contribution in [2.24, 2.45) is 0 Å². The maximum atomic E-state index is 12.6. The van der Waals surface area contributed by atoms with Crippen molar-refractivity contribution in [3.8, 4) is 17.6 Å². The highest BCUT2D eigenvalue weighted by Crippen LogP contribution is 2.30. The third-order valence-electron chi connectivity index (χ3n) is 4.02. The van der Waals surface area contributed by atoms with Crippen LogP contribution in [0.4, 0.5) is 17.3 Å². The topological polar surface area (TPSA) is 109 Å². The highest BCUT2D eigenvalue weighted by atomic mass is 16.5. The number of carbonyl (C=O) groups is 1. The van der Waals surface area contributed by atoms with Gasteiger partial charge in [-0.25, -0.2) is 9.97 Å². The molecule has 0 aliphatic heterocycles. The van der Waals surface area contributed by atoms with Crippen LogP contribution in [0.1, 0.15) is 21.7 Å². The molecule has 3 aromatic rings. The third kappa shape index (κ3) is 4.59. The molecule has 29 heavy (non-hydrogen) atoms. The number of benzene rings is 2. The fourth-order valence-corrected chi connectivity index (χ4v) is 2.66. The summed E-state index contributed by atoms with van der Waals surface area (Å²) in [4.78, 5) is 21.3. The molecule has 0 aliphatic rings. The van der Waals surface area contributed by atoms with Crippen molar-refractivity contribution in [3.63, 3.8) is 0 Å². The normalized spacial score (nSPS) is 10.0. The van der Waals surface area contributed by atoms with Crippen LogP contribution >= 0.6 is 0 Å². The Hall–Kier alpha value is -4.12. The molecule has 0 unspecified atom stereocenters. The van der Waals surface area contributed by atoms with Crippen molar-refractivity contribution in [1.29, 1.82) is 5.26 Å². The molecule has 0 fully saturated rings. The molecule has 0 saturated heterocycles. The average molecular weight is 389 g/mol. The number of hydrogen-bond acceptors (Lipinski definition) is 7. The van der Waals surface area contributed by atoms with Gasteiger partial charge in [-0.2, -0.15) is 5.26 Å². The lowest BCUT2D eigenvalue weighted by atomic mass is 10.2. The molecule has 0 bridgehead atoms. The number of ether oxygens (including phenoxy) is 2. The molecule has 0 aliphatic carbocycles. The van der Waals surface area contributed by atoms with E-state index in [1.54, 1.807) is 69.7 Å². The monoisotopic (exact) mass is 389 g/mol. The summed E-state index contributed by atoms with van der Waals surface area (Å²) in [7, 11) is 3.11. The van der Waals surface area contributed by atoms with E-state index in [2.05, 4.69) is 20.6 Å². The summed E-state index contributed by atoms with van der Waals surface area (Å²) in [5, 5.41) is 15.0. The first kappa shape index (κ1) is 19.6. The molecule has 0 radical (unpaired) electrons. The van der Waals surface area contributed by atoms with E-state index in [-0.39, 0.29) is 11.6 Å². The molecule has 8 nitrogen and oxygen atoms in total. The van der Waals surface area contributed by atoms with Crippen molar-refractivity contribution in [2.45, 2.75) is 6.92 Å². The Morgan fingerprint density at radius 1 is 1.03 bits per heavy atom. The smallest absolute Gasteiger partial charge is 0.274 e. The lowest BCUT2D eigenvalue weighted by molar-refractivity contribution is 0.102. The van der Waals surface area contributed by atoms with E-state index in [4.69, 9.17) is 9.47 Å². The van der Waals surface area contributed by atoms with E-state index in [1.807, 2.05) is 6.07 Å². The van der Waals surface area contributed by atoms with Gasteiger partial charge in [0.15, 0.2) is 11.5 Å². The van der Waals surface area contributed by atoms with E-state index in [0.717, 1.165) is 0 Å². The first-order chi connectivity index (χ1) is 14.0. The van der Waals surface area contributed by atoms with Gasteiger partial charge >= 0.3 is 0 Å². The highest BCUT2D eigenvalue weighted by Gasteiger charge is 2.13. The van der Waals surface area contributed by atoms with E-state index in [0.29, 0.717) is 34.1 Å². The Morgan fingerprint density at radius 3 is 2.52 bits per heavy atom. The van der Waals surface area contributed by atoms with Crippen molar-refractivity contribution >= 4 is 23.2 Å². The number of methoxy groups -OCH3 is 2. The number of rotatable bonds is 6. The predicted molar refractivity (Wildman–Crippen MR) is 109 cm³/mol. The minimum absolute atomic E-state index is 0.174. The van der Waals surface area contributed by atoms with E-state index < -0.39 is 5.91 Å².